The Hall–Kier alpha value is -2.73. The first-order valence-corrected chi connectivity index (χ1v) is 10.4. The number of nitrogens with zero attached hydrogens (tertiary/aromatic N) is 2. The van der Waals surface area contributed by atoms with Crippen LogP contribution in [0.15, 0.2) is 48.5 Å². The molecule has 1 aliphatic heterocycles. The topological polar surface area (TPSA) is 70.5 Å². The Morgan fingerprint density at radius 3 is 2.61 bits per heavy atom. The highest BCUT2D eigenvalue weighted by atomic mass is 32.1. The molecule has 2 aromatic carbocycles. The van der Waals surface area contributed by atoms with Crippen molar-refractivity contribution in [3.63, 3.8) is 0 Å². The highest BCUT2D eigenvalue weighted by molar-refractivity contribution is 7.18. The molecule has 0 radical (unpaired) electrons. The lowest BCUT2D eigenvalue weighted by Gasteiger charge is -2.34. The number of unbranched alkanes of at least 4 members (excludes halogenated alkanes) is 1. The number of amides is 1. The molecule has 1 unspecified atom stereocenters. The SMILES string of the molecule is O=C(O)C1Cc2ccccc2CN1C(=O)CCCCc1nc2ccccc2s1. The van der Waals surface area contributed by atoms with Crippen molar-refractivity contribution in [2.24, 2.45) is 0 Å². The van der Waals surface area contributed by atoms with E-state index < -0.39 is 12.0 Å². The van der Waals surface area contributed by atoms with Crippen LogP contribution >= 0.6 is 11.3 Å². The highest BCUT2D eigenvalue weighted by Gasteiger charge is 2.33. The Balaban J connectivity index is 1.34. The third kappa shape index (κ3) is 3.92. The number of aryl methyl sites for hydroxylation is 1. The first-order valence-electron chi connectivity index (χ1n) is 9.55. The van der Waals surface area contributed by atoms with Gasteiger partial charge >= 0.3 is 5.97 Å². The van der Waals surface area contributed by atoms with Crippen molar-refractivity contribution < 1.29 is 14.7 Å². The number of carboxylic acid groups (broad SMARTS) is 1. The van der Waals surface area contributed by atoms with Crippen molar-refractivity contribution >= 4 is 33.4 Å². The van der Waals surface area contributed by atoms with E-state index in [9.17, 15) is 14.7 Å². The summed E-state index contributed by atoms with van der Waals surface area (Å²) in [5.74, 6) is -1.01. The van der Waals surface area contributed by atoms with Crippen molar-refractivity contribution in [2.45, 2.75) is 44.7 Å². The van der Waals surface area contributed by atoms with Gasteiger partial charge in [-0.25, -0.2) is 9.78 Å². The van der Waals surface area contributed by atoms with E-state index in [-0.39, 0.29) is 5.91 Å². The predicted molar refractivity (Wildman–Crippen MR) is 109 cm³/mol. The zero-order valence-electron chi connectivity index (χ0n) is 15.5. The fourth-order valence-corrected chi connectivity index (χ4v) is 4.74. The average Bonchev–Trinajstić information content (AvgIpc) is 3.13. The molecule has 4 rings (SSSR count). The van der Waals surface area contributed by atoms with Crippen LogP contribution in [0.4, 0.5) is 0 Å². The number of aromatic nitrogens is 1. The van der Waals surface area contributed by atoms with E-state index in [2.05, 4.69) is 11.1 Å². The summed E-state index contributed by atoms with van der Waals surface area (Å²) in [4.78, 5) is 30.6. The van der Waals surface area contributed by atoms with Gasteiger partial charge in [-0.3, -0.25) is 4.79 Å². The molecule has 2 heterocycles. The van der Waals surface area contributed by atoms with Crippen LogP contribution in [-0.4, -0.2) is 32.9 Å². The first-order chi connectivity index (χ1) is 13.6. The van der Waals surface area contributed by atoms with E-state index in [0.717, 1.165) is 40.9 Å². The van der Waals surface area contributed by atoms with Gasteiger partial charge < -0.3 is 10.0 Å². The molecule has 28 heavy (non-hydrogen) atoms. The van der Waals surface area contributed by atoms with E-state index in [1.807, 2.05) is 42.5 Å². The van der Waals surface area contributed by atoms with Crippen LogP contribution in [0, 0.1) is 0 Å². The molecule has 0 spiro atoms. The Morgan fingerprint density at radius 1 is 1.07 bits per heavy atom. The monoisotopic (exact) mass is 394 g/mol. The standard InChI is InChI=1S/C22H22N2O3S/c25-21(12-6-5-11-20-23-17-9-3-4-10-19(17)28-20)24-14-16-8-2-1-7-15(16)13-18(24)22(26)27/h1-4,7-10,18H,5-6,11-14H2,(H,26,27). The maximum absolute atomic E-state index is 12.7. The molecule has 0 bridgehead atoms. The van der Waals surface area contributed by atoms with Crippen LogP contribution in [-0.2, 0) is 29.0 Å². The van der Waals surface area contributed by atoms with E-state index >= 15 is 0 Å². The maximum atomic E-state index is 12.7. The zero-order valence-corrected chi connectivity index (χ0v) is 16.3. The number of carboxylic acids is 1. The Kier molecular flexibility index (Phi) is 5.39. The molecule has 144 valence electrons. The predicted octanol–water partition coefficient (Wildman–Crippen LogP) is 4.05. The fraction of sp³-hybridized carbons (Fsp3) is 0.318. The van der Waals surface area contributed by atoms with Gasteiger partial charge in [-0.15, -0.1) is 11.3 Å². The third-order valence-corrected chi connectivity index (χ3v) is 6.32. The van der Waals surface area contributed by atoms with Gasteiger partial charge in [0.15, 0.2) is 0 Å². The van der Waals surface area contributed by atoms with Crippen LogP contribution in [0.2, 0.25) is 0 Å². The molecule has 1 amide bonds. The number of hydrogen-bond acceptors (Lipinski definition) is 4. The van der Waals surface area contributed by atoms with Crippen LogP contribution in [0.5, 0.6) is 0 Å². The molecule has 5 nitrogen and oxygen atoms in total. The fourth-order valence-electron chi connectivity index (χ4n) is 3.73. The van der Waals surface area contributed by atoms with E-state index in [0.29, 0.717) is 19.4 Å². The molecular formula is C22H22N2O3S. The van der Waals surface area contributed by atoms with Crippen molar-refractivity contribution in [1.82, 2.24) is 9.88 Å². The van der Waals surface area contributed by atoms with Gasteiger partial charge in [-0.1, -0.05) is 36.4 Å². The van der Waals surface area contributed by atoms with Crippen LogP contribution in [0.25, 0.3) is 10.2 Å². The summed E-state index contributed by atoms with van der Waals surface area (Å²) in [6.07, 6.45) is 3.20. The second-order valence-corrected chi connectivity index (χ2v) is 8.25. The van der Waals surface area contributed by atoms with Crippen LogP contribution < -0.4 is 0 Å². The van der Waals surface area contributed by atoms with Gasteiger partial charge in [0.2, 0.25) is 5.91 Å². The highest BCUT2D eigenvalue weighted by Crippen LogP contribution is 2.25. The smallest absolute Gasteiger partial charge is 0.326 e. The summed E-state index contributed by atoms with van der Waals surface area (Å²) in [5, 5.41) is 10.7. The van der Waals surface area contributed by atoms with E-state index in [4.69, 9.17) is 0 Å². The number of thiazole rings is 1. The van der Waals surface area contributed by atoms with Gasteiger partial charge in [-0.05, 0) is 42.5 Å². The largest absolute Gasteiger partial charge is 0.480 e. The van der Waals surface area contributed by atoms with Gasteiger partial charge in [0, 0.05) is 19.4 Å². The summed E-state index contributed by atoms with van der Waals surface area (Å²) >= 11 is 1.70. The molecule has 0 saturated heterocycles. The number of aliphatic carboxylic acids is 1. The third-order valence-electron chi connectivity index (χ3n) is 5.22. The summed E-state index contributed by atoms with van der Waals surface area (Å²) in [7, 11) is 0. The lowest BCUT2D eigenvalue weighted by molar-refractivity contribution is -0.151. The second kappa shape index (κ2) is 8.10. The van der Waals surface area contributed by atoms with Crippen LogP contribution in [0.1, 0.15) is 35.4 Å². The summed E-state index contributed by atoms with van der Waals surface area (Å²) < 4.78 is 1.19. The summed E-state index contributed by atoms with van der Waals surface area (Å²) in [6.45, 7) is 0.379. The first kappa shape index (κ1) is 18.6. The normalized spacial score (nSPS) is 16.1. The average molecular weight is 394 g/mol. The molecule has 6 heteroatoms. The zero-order chi connectivity index (χ0) is 19.5. The molecule has 1 aromatic heterocycles. The second-order valence-electron chi connectivity index (χ2n) is 7.13. The van der Waals surface area contributed by atoms with Gasteiger partial charge in [0.05, 0.1) is 15.2 Å². The molecule has 1 N–H and O–H groups in total. The number of carbonyl (C=O) groups is 2. The van der Waals surface area contributed by atoms with Crippen LogP contribution in [0.3, 0.4) is 0 Å². The molecule has 0 saturated carbocycles. The van der Waals surface area contributed by atoms with Crippen molar-refractivity contribution in [3.8, 4) is 0 Å². The molecule has 0 aliphatic carbocycles. The lowest BCUT2D eigenvalue weighted by atomic mass is 9.93. The summed E-state index contributed by atoms with van der Waals surface area (Å²) in [6, 6.07) is 15.1. The number of fused-ring (bicyclic) bond motifs is 2. The minimum Gasteiger partial charge on any atom is -0.480 e. The van der Waals surface area contributed by atoms with Gasteiger partial charge in [-0.2, -0.15) is 0 Å². The van der Waals surface area contributed by atoms with Crippen molar-refractivity contribution in [2.75, 3.05) is 0 Å². The Labute approximate surface area is 167 Å². The number of para-hydroxylation sites is 1. The van der Waals surface area contributed by atoms with E-state index in [1.165, 1.54) is 9.60 Å². The number of carbonyl (C=O) groups excluding carboxylic acids is 1. The lowest BCUT2D eigenvalue weighted by Crippen LogP contribution is -2.48. The molecule has 1 atom stereocenters. The minimum atomic E-state index is -0.933. The van der Waals surface area contributed by atoms with Gasteiger partial charge in [0.25, 0.3) is 0 Å². The summed E-state index contributed by atoms with van der Waals surface area (Å²) in [5.41, 5.74) is 3.09. The maximum Gasteiger partial charge on any atom is 0.326 e. The Bertz CT molecular complexity index is 981. The minimum absolute atomic E-state index is 0.0776. The molecule has 3 aromatic rings. The number of benzene rings is 2. The van der Waals surface area contributed by atoms with Crippen molar-refractivity contribution in [3.05, 3.63) is 64.7 Å². The molecular weight excluding hydrogens is 372 g/mol. The quantitative estimate of drug-likeness (QED) is 0.641. The number of rotatable bonds is 6. The van der Waals surface area contributed by atoms with E-state index in [1.54, 1.807) is 11.3 Å². The van der Waals surface area contributed by atoms with Gasteiger partial charge in [0.1, 0.15) is 6.04 Å². The molecule has 0 fully saturated rings. The molecule has 1 aliphatic rings. The number of hydrogen-bond donors (Lipinski definition) is 1. The van der Waals surface area contributed by atoms with Crippen molar-refractivity contribution in [1.29, 1.82) is 0 Å². The Morgan fingerprint density at radius 2 is 1.82 bits per heavy atom.